The molecule has 0 saturated carbocycles. The summed E-state index contributed by atoms with van der Waals surface area (Å²) in [5.41, 5.74) is 2.30. The molecule has 3 nitrogen and oxygen atoms in total. The number of methoxy groups -OCH3 is 1. The minimum absolute atomic E-state index is 0.256. The third kappa shape index (κ3) is 2.97. The second-order valence-electron chi connectivity index (χ2n) is 3.88. The van der Waals surface area contributed by atoms with Crippen LogP contribution in [-0.4, -0.2) is 12.1 Å². The lowest BCUT2D eigenvalue weighted by molar-refractivity contribution is 0.415. The number of hydrogen-bond acceptors (Lipinski definition) is 3. The maximum atomic E-state index is 5.12. The average molecular weight is 228 g/mol. The van der Waals surface area contributed by atoms with Crippen molar-refractivity contribution in [3.8, 4) is 5.75 Å². The summed E-state index contributed by atoms with van der Waals surface area (Å²) in [5, 5.41) is 3.43. The van der Waals surface area contributed by atoms with Crippen molar-refractivity contribution < 1.29 is 4.74 Å². The van der Waals surface area contributed by atoms with Gasteiger partial charge in [0, 0.05) is 24.1 Å². The number of anilines is 1. The van der Waals surface area contributed by atoms with Crippen molar-refractivity contribution in [1.82, 2.24) is 4.98 Å². The van der Waals surface area contributed by atoms with E-state index in [-0.39, 0.29) is 6.04 Å². The largest absolute Gasteiger partial charge is 0.497 e. The lowest BCUT2D eigenvalue weighted by Gasteiger charge is -2.15. The van der Waals surface area contributed by atoms with Crippen molar-refractivity contribution in [2.75, 3.05) is 12.4 Å². The highest BCUT2D eigenvalue weighted by molar-refractivity contribution is 5.48. The molecule has 1 aromatic carbocycles. The molecular formula is C14H16N2O. The van der Waals surface area contributed by atoms with Crippen LogP contribution in [0.25, 0.3) is 0 Å². The molecule has 1 aromatic heterocycles. The average Bonchev–Trinajstić information content (AvgIpc) is 2.40. The molecular weight excluding hydrogens is 212 g/mol. The van der Waals surface area contributed by atoms with Gasteiger partial charge in [0.15, 0.2) is 0 Å². The summed E-state index contributed by atoms with van der Waals surface area (Å²) in [6.07, 6.45) is 3.61. The van der Waals surface area contributed by atoms with Gasteiger partial charge in [-0.15, -0.1) is 0 Å². The van der Waals surface area contributed by atoms with Crippen molar-refractivity contribution in [3.63, 3.8) is 0 Å². The van der Waals surface area contributed by atoms with Crippen LogP contribution >= 0.6 is 0 Å². The number of aromatic nitrogens is 1. The molecule has 88 valence electrons. The highest BCUT2D eigenvalue weighted by atomic mass is 16.5. The minimum Gasteiger partial charge on any atom is -0.497 e. The van der Waals surface area contributed by atoms with Gasteiger partial charge in [0.05, 0.1) is 7.11 Å². The first-order valence-electron chi connectivity index (χ1n) is 5.60. The highest BCUT2D eigenvalue weighted by Gasteiger charge is 2.04. The van der Waals surface area contributed by atoms with Crippen molar-refractivity contribution in [2.45, 2.75) is 13.0 Å². The SMILES string of the molecule is COc1ccc(N[C@H](C)c2ccncc2)cc1. The zero-order chi connectivity index (χ0) is 12.1. The summed E-state index contributed by atoms with van der Waals surface area (Å²) < 4.78 is 5.12. The minimum atomic E-state index is 0.256. The molecule has 0 aliphatic heterocycles. The lowest BCUT2D eigenvalue weighted by Crippen LogP contribution is -2.06. The second-order valence-corrected chi connectivity index (χ2v) is 3.88. The quantitative estimate of drug-likeness (QED) is 0.872. The summed E-state index contributed by atoms with van der Waals surface area (Å²) in [6.45, 7) is 2.12. The zero-order valence-corrected chi connectivity index (χ0v) is 10.1. The van der Waals surface area contributed by atoms with E-state index >= 15 is 0 Å². The van der Waals surface area contributed by atoms with Crippen LogP contribution in [0.15, 0.2) is 48.8 Å². The van der Waals surface area contributed by atoms with Gasteiger partial charge in [-0.2, -0.15) is 0 Å². The standard InChI is InChI=1S/C14H16N2O/c1-11(12-7-9-15-10-8-12)16-13-3-5-14(17-2)6-4-13/h3-11,16H,1-2H3/t11-/m1/s1. The topological polar surface area (TPSA) is 34.1 Å². The first kappa shape index (κ1) is 11.5. The van der Waals surface area contributed by atoms with Crippen LogP contribution in [0.3, 0.4) is 0 Å². The zero-order valence-electron chi connectivity index (χ0n) is 10.1. The van der Waals surface area contributed by atoms with E-state index in [0.29, 0.717) is 0 Å². The third-order valence-corrected chi connectivity index (χ3v) is 2.68. The summed E-state index contributed by atoms with van der Waals surface area (Å²) in [5.74, 6) is 0.868. The molecule has 0 radical (unpaired) electrons. The number of benzene rings is 1. The molecule has 1 heterocycles. The second kappa shape index (κ2) is 5.34. The molecule has 2 rings (SSSR count). The van der Waals surface area contributed by atoms with Crippen LogP contribution in [0.2, 0.25) is 0 Å². The van der Waals surface area contributed by atoms with Crippen LogP contribution < -0.4 is 10.1 Å². The lowest BCUT2D eigenvalue weighted by atomic mass is 10.1. The summed E-state index contributed by atoms with van der Waals surface area (Å²) in [4.78, 5) is 4.01. The van der Waals surface area contributed by atoms with Gasteiger partial charge in [-0.3, -0.25) is 4.98 Å². The van der Waals surface area contributed by atoms with E-state index in [4.69, 9.17) is 4.74 Å². The summed E-state index contributed by atoms with van der Waals surface area (Å²) in [6, 6.07) is 12.2. The Bertz CT molecular complexity index is 453. The maximum absolute atomic E-state index is 5.12. The fraction of sp³-hybridized carbons (Fsp3) is 0.214. The molecule has 0 aliphatic carbocycles. The Morgan fingerprint density at radius 2 is 1.71 bits per heavy atom. The molecule has 0 fully saturated rings. The normalized spacial score (nSPS) is 11.9. The molecule has 2 aromatic rings. The van der Waals surface area contributed by atoms with Gasteiger partial charge in [-0.1, -0.05) is 0 Å². The van der Waals surface area contributed by atoms with Gasteiger partial charge in [0.2, 0.25) is 0 Å². The molecule has 0 saturated heterocycles. The van der Waals surface area contributed by atoms with Crippen molar-refractivity contribution in [3.05, 3.63) is 54.4 Å². The van der Waals surface area contributed by atoms with E-state index in [1.165, 1.54) is 5.56 Å². The molecule has 1 N–H and O–H groups in total. The van der Waals surface area contributed by atoms with Crippen molar-refractivity contribution in [2.24, 2.45) is 0 Å². The molecule has 0 unspecified atom stereocenters. The Labute approximate surface area is 101 Å². The number of pyridine rings is 1. The third-order valence-electron chi connectivity index (χ3n) is 2.68. The predicted molar refractivity (Wildman–Crippen MR) is 69.3 cm³/mol. The first-order valence-corrected chi connectivity index (χ1v) is 5.60. The number of ether oxygens (including phenoxy) is 1. The van der Waals surface area contributed by atoms with Crippen LogP contribution in [0.4, 0.5) is 5.69 Å². The van der Waals surface area contributed by atoms with Crippen LogP contribution in [0.1, 0.15) is 18.5 Å². The highest BCUT2D eigenvalue weighted by Crippen LogP contribution is 2.20. The Morgan fingerprint density at radius 1 is 1.06 bits per heavy atom. The Hall–Kier alpha value is -2.03. The Balaban J connectivity index is 2.05. The monoisotopic (exact) mass is 228 g/mol. The molecule has 0 spiro atoms. The fourth-order valence-electron chi connectivity index (χ4n) is 1.67. The van der Waals surface area contributed by atoms with Crippen molar-refractivity contribution in [1.29, 1.82) is 0 Å². The summed E-state index contributed by atoms with van der Waals surface area (Å²) >= 11 is 0. The van der Waals surface area contributed by atoms with Crippen LogP contribution in [0.5, 0.6) is 5.75 Å². The molecule has 17 heavy (non-hydrogen) atoms. The summed E-state index contributed by atoms with van der Waals surface area (Å²) in [7, 11) is 1.67. The van der Waals surface area contributed by atoms with E-state index < -0.39 is 0 Å². The molecule has 0 bridgehead atoms. The van der Waals surface area contributed by atoms with E-state index in [0.717, 1.165) is 11.4 Å². The van der Waals surface area contributed by atoms with E-state index in [1.54, 1.807) is 7.11 Å². The van der Waals surface area contributed by atoms with Crippen molar-refractivity contribution >= 4 is 5.69 Å². The van der Waals surface area contributed by atoms with E-state index in [1.807, 2.05) is 48.8 Å². The van der Waals surface area contributed by atoms with Gasteiger partial charge >= 0.3 is 0 Å². The van der Waals surface area contributed by atoms with Crippen LogP contribution in [0, 0.1) is 0 Å². The van der Waals surface area contributed by atoms with Gasteiger partial charge in [0.1, 0.15) is 5.75 Å². The number of rotatable bonds is 4. The molecule has 0 amide bonds. The molecule has 3 heteroatoms. The smallest absolute Gasteiger partial charge is 0.119 e. The van der Waals surface area contributed by atoms with E-state index in [9.17, 15) is 0 Å². The Kier molecular flexibility index (Phi) is 3.60. The molecule has 0 aliphatic rings. The predicted octanol–water partition coefficient (Wildman–Crippen LogP) is 3.26. The Morgan fingerprint density at radius 3 is 2.29 bits per heavy atom. The first-order chi connectivity index (χ1) is 8.29. The fourth-order valence-corrected chi connectivity index (χ4v) is 1.67. The number of hydrogen-bond donors (Lipinski definition) is 1. The molecule has 1 atom stereocenters. The number of nitrogens with zero attached hydrogens (tertiary/aromatic N) is 1. The van der Waals surface area contributed by atoms with Gasteiger partial charge in [-0.05, 0) is 48.9 Å². The van der Waals surface area contributed by atoms with Gasteiger partial charge in [-0.25, -0.2) is 0 Å². The maximum Gasteiger partial charge on any atom is 0.119 e. The number of nitrogens with one attached hydrogen (secondary N) is 1. The van der Waals surface area contributed by atoms with Gasteiger partial charge in [0.25, 0.3) is 0 Å². The van der Waals surface area contributed by atoms with Crippen LogP contribution in [-0.2, 0) is 0 Å². The van der Waals surface area contributed by atoms with E-state index in [2.05, 4.69) is 17.2 Å². The van der Waals surface area contributed by atoms with Gasteiger partial charge < -0.3 is 10.1 Å².